The summed E-state index contributed by atoms with van der Waals surface area (Å²) in [5, 5.41) is 9.64. The maximum absolute atomic E-state index is 13.1. The normalized spacial score (nSPS) is 10.8. The zero-order valence-electron chi connectivity index (χ0n) is 16.0. The number of fused-ring (bicyclic) bond motifs is 1. The van der Waals surface area contributed by atoms with E-state index in [1.165, 1.54) is 24.4 Å². The number of pyridine rings is 2. The number of carbonyl (C=O) groups is 1. The van der Waals surface area contributed by atoms with Gasteiger partial charge >= 0.3 is 5.97 Å². The Hall–Kier alpha value is -4.22. The highest BCUT2D eigenvalue weighted by Crippen LogP contribution is 2.24. The molecule has 2 heterocycles. The van der Waals surface area contributed by atoms with Gasteiger partial charge in [-0.15, -0.1) is 0 Å². The summed E-state index contributed by atoms with van der Waals surface area (Å²) in [4.78, 5) is 19.0. The van der Waals surface area contributed by atoms with Crippen LogP contribution in [-0.2, 0) is 10.0 Å². The average molecular weight is 429 g/mol. The zero-order chi connectivity index (χ0) is 21.8. The Kier molecular flexibility index (Phi) is 5.35. The smallest absolute Gasteiger partial charge is 0.354 e. The standard InChI is InChI=1S/C23H15N3O4S/c27-23(28)20-13-11-16(15-25-20)10-12-17-5-1-2-8-19(17)26-31(29,30)21-9-3-6-18-7-4-14-24-22(18)21/h1-9,11,13-15,26H,(H,27,28). The van der Waals surface area contributed by atoms with E-state index in [9.17, 15) is 13.2 Å². The molecule has 0 atom stereocenters. The van der Waals surface area contributed by atoms with E-state index in [-0.39, 0.29) is 10.6 Å². The van der Waals surface area contributed by atoms with Crippen LogP contribution in [0.15, 0.2) is 84.0 Å². The van der Waals surface area contributed by atoms with Crippen LogP contribution in [0.25, 0.3) is 10.9 Å². The summed E-state index contributed by atoms with van der Waals surface area (Å²) >= 11 is 0. The Morgan fingerprint density at radius 3 is 2.48 bits per heavy atom. The van der Waals surface area contributed by atoms with Crippen LogP contribution in [0.5, 0.6) is 0 Å². The molecule has 0 radical (unpaired) electrons. The fourth-order valence-corrected chi connectivity index (χ4v) is 4.17. The number of aromatic carboxylic acids is 1. The molecule has 0 fully saturated rings. The van der Waals surface area contributed by atoms with E-state index in [2.05, 4.69) is 26.5 Å². The van der Waals surface area contributed by atoms with Crippen LogP contribution in [0.4, 0.5) is 5.69 Å². The zero-order valence-corrected chi connectivity index (χ0v) is 16.8. The Balaban J connectivity index is 1.67. The van der Waals surface area contributed by atoms with Crippen molar-refractivity contribution in [2.75, 3.05) is 4.72 Å². The molecule has 7 nitrogen and oxygen atoms in total. The molecule has 0 bridgehead atoms. The van der Waals surface area contributed by atoms with Gasteiger partial charge in [0.1, 0.15) is 10.6 Å². The molecule has 0 spiro atoms. The average Bonchev–Trinajstić information content (AvgIpc) is 2.78. The van der Waals surface area contributed by atoms with Crippen molar-refractivity contribution in [1.29, 1.82) is 0 Å². The minimum atomic E-state index is -3.92. The van der Waals surface area contributed by atoms with Crippen molar-refractivity contribution >= 4 is 32.6 Å². The van der Waals surface area contributed by atoms with E-state index in [0.717, 1.165) is 5.39 Å². The van der Waals surface area contributed by atoms with Gasteiger partial charge in [0.2, 0.25) is 0 Å². The monoisotopic (exact) mass is 429 g/mol. The van der Waals surface area contributed by atoms with Crippen LogP contribution >= 0.6 is 0 Å². The first-order valence-corrected chi connectivity index (χ1v) is 10.6. The van der Waals surface area contributed by atoms with Crippen LogP contribution in [0.3, 0.4) is 0 Å². The van der Waals surface area contributed by atoms with Gasteiger partial charge in [0, 0.05) is 28.9 Å². The van der Waals surface area contributed by atoms with E-state index in [1.54, 1.807) is 54.7 Å². The van der Waals surface area contributed by atoms with Crippen LogP contribution < -0.4 is 4.72 Å². The van der Waals surface area contributed by atoms with Crippen molar-refractivity contribution in [2.24, 2.45) is 0 Å². The Morgan fingerprint density at radius 1 is 0.903 bits per heavy atom. The molecule has 31 heavy (non-hydrogen) atoms. The van der Waals surface area contributed by atoms with Gasteiger partial charge in [0.15, 0.2) is 0 Å². The summed E-state index contributed by atoms with van der Waals surface area (Å²) in [6.45, 7) is 0. The minimum Gasteiger partial charge on any atom is -0.477 e. The predicted molar refractivity (Wildman–Crippen MR) is 116 cm³/mol. The number of rotatable bonds is 4. The molecule has 8 heteroatoms. The summed E-state index contributed by atoms with van der Waals surface area (Å²) in [6.07, 6.45) is 2.90. The highest BCUT2D eigenvalue weighted by molar-refractivity contribution is 7.93. The van der Waals surface area contributed by atoms with Gasteiger partial charge in [0.05, 0.1) is 11.2 Å². The van der Waals surface area contributed by atoms with E-state index in [0.29, 0.717) is 22.3 Å². The lowest BCUT2D eigenvalue weighted by Gasteiger charge is -2.11. The van der Waals surface area contributed by atoms with E-state index in [4.69, 9.17) is 5.11 Å². The molecule has 0 amide bonds. The molecular weight excluding hydrogens is 414 g/mol. The lowest BCUT2D eigenvalue weighted by atomic mass is 10.1. The third-order valence-electron chi connectivity index (χ3n) is 4.38. The molecule has 0 saturated heterocycles. The number of benzene rings is 2. The molecule has 0 saturated carbocycles. The van der Waals surface area contributed by atoms with E-state index < -0.39 is 16.0 Å². The molecule has 0 aliphatic rings. The SMILES string of the molecule is O=C(O)c1ccc(C#Cc2ccccc2NS(=O)(=O)c2cccc3cccnc23)cn1. The van der Waals surface area contributed by atoms with Gasteiger partial charge in [-0.2, -0.15) is 0 Å². The maximum atomic E-state index is 13.1. The predicted octanol–water partition coefficient (Wildman–Crippen LogP) is 3.53. The van der Waals surface area contributed by atoms with Crippen molar-refractivity contribution < 1.29 is 18.3 Å². The summed E-state index contributed by atoms with van der Waals surface area (Å²) < 4.78 is 28.7. The van der Waals surface area contributed by atoms with Gasteiger partial charge < -0.3 is 5.11 Å². The van der Waals surface area contributed by atoms with Crippen molar-refractivity contribution in [3.05, 3.63) is 95.9 Å². The van der Waals surface area contributed by atoms with Gasteiger partial charge in [-0.3, -0.25) is 9.71 Å². The Morgan fingerprint density at radius 2 is 1.71 bits per heavy atom. The summed E-state index contributed by atoms with van der Waals surface area (Å²) in [6, 6.07) is 18.1. The summed E-state index contributed by atoms with van der Waals surface area (Å²) in [7, 11) is -3.92. The number of carboxylic acid groups (broad SMARTS) is 1. The molecule has 2 aromatic carbocycles. The summed E-state index contributed by atoms with van der Waals surface area (Å²) in [5.74, 6) is 4.66. The van der Waals surface area contributed by atoms with Gasteiger partial charge in [-0.1, -0.05) is 42.2 Å². The van der Waals surface area contributed by atoms with Crippen LogP contribution in [0, 0.1) is 11.8 Å². The lowest BCUT2D eigenvalue weighted by molar-refractivity contribution is 0.0690. The maximum Gasteiger partial charge on any atom is 0.354 e. The second kappa shape index (κ2) is 8.26. The van der Waals surface area contributed by atoms with Crippen LogP contribution in [-0.4, -0.2) is 29.5 Å². The fourth-order valence-electron chi connectivity index (χ4n) is 2.91. The Labute approximate surface area is 178 Å². The molecule has 0 aliphatic heterocycles. The first-order chi connectivity index (χ1) is 14.9. The number of nitrogens with one attached hydrogen (secondary N) is 1. The topological polar surface area (TPSA) is 109 Å². The number of aromatic nitrogens is 2. The van der Waals surface area contributed by atoms with Crippen LogP contribution in [0.1, 0.15) is 21.6 Å². The van der Waals surface area contributed by atoms with Crippen molar-refractivity contribution in [3.63, 3.8) is 0 Å². The van der Waals surface area contributed by atoms with Crippen molar-refractivity contribution in [3.8, 4) is 11.8 Å². The number of nitrogens with zero attached hydrogens (tertiary/aromatic N) is 2. The van der Waals surface area contributed by atoms with Crippen molar-refractivity contribution in [2.45, 2.75) is 4.90 Å². The van der Waals surface area contributed by atoms with Gasteiger partial charge in [-0.25, -0.2) is 18.2 Å². The van der Waals surface area contributed by atoms with Crippen molar-refractivity contribution in [1.82, 2.24) is 9.97 Å². The number of carboxylic acids is 1. The molecule has 4 aromatic rings. The molecule has 0 aliphatic carbocycles. The number of hydrogen-bond acceptors (Lipinski definition) is 5. The first kappa shape index (κ1) is 20.1. The second-order valence-electron chi connectivity index (χ2n) is 6.47. The van der Waals surface area contributed by atoms with E-state index >= 15 is 0 Å². The number of sulfonamides is 1. The highest BCUT2D eigenvalue weighted by Gasteiger charge is 2.19. The molecule has 0 unspecified atom stereocenters. The first-order valence-electron chi connectivity index (χ1n) is 9.11. The van der Waals surface area contributed by atoms with Gasteiger partial charge in [-0.05, 0) is 36.4 Å². The number of hydrogen-bond donors (Lipinski definition) is 2. The molecule has 2 N–H and O–H groups in total. The largest absolute Gasteiger partial charge is 0.477 e. The lowest BCUT2D eigenvalue weighted by Crippen LogP contribution is -2.14. The van der Waals surface area contributed by atoms with E-state index in [1.807, 2.05) is 0 Å². The second-order valence-corrected chi connectivity index (χ2v) is 8.12. The molecule has 2 aromatic heterocycles. The third kappa shape index (κ3) is 4.37. The molecule has 152 valence electrons. The molecular formula is C23H15N3O4S. The highest BCUT2D eigenvalue weighted by atomic mass is 32.2. The molecule has 4 rings (SSSR count). The van der Waals surface area contributed by atoms with Crippen LogP contribution in [0.2, 0.25) is 0 Å². The number of anilines is 1. The van der Waals surface area contributed by atoms with Gasteiger partial charge in [0.25, 0.3) is 10.0 Å². The fraction of sp³-hybridized carbons (Fsp3) is 0. The Bertz CT molecular complexity index is 1450. The number of para-hydroxylation sites is 2. The third-order valence-corrected chi connectivity index (χ3v) is 5.78. The summed E-state index contributed by atoms with van der Waals surface area (Å²) in [5.41, 5.74) is 1.58. The quantitative estimate of drug-likeness (QED) is 0.481. The minimum absolute atomic E-state index is 0.0711.